The van der Waals surface area contributed by atoms with E-state index in [9.17, 15) is 29.7 Å². The first-order chi connectivity index (χ1) is 22.7. The Morgan fingerprint density at radius 3 is 2.46 bits per heavy atom. The van der Waals surface area contributed by atoms with Crippen molar-refractivity contribution >= 4 is 25.2 Å². The van der Waals surface area contributed by atoms with E-state index in [-0.39, 0.29) is 50.1 Å². The molecule has 0 aromatic rings. The van der Waals surface area contributed by atoms with Gasteiger partial charge in [-0.05, 0) is 50.2 Å². The molecule has 12 nitrogen and oxygen atoms in total. The number of methoxy groups -OCH3 is 1. The second-order valence-electron chi connectivity index (χ2n) is 14.1. The van der Waals surface area contributed by atoms with Crippen LogP contribution in [-0.2, 0) is 42.8 Å². The number of rotatable bonds is 5. The van der Waals surface area contributed by atoms with Crippen molar-refractivity contribution in [1.29, 1.82) is 0 Å². The molecule has 10 atom stereocenters. The van der Waals surface area contributed by atoms with Crippen molar-refractivity contribution in [2.75, 3.05) is 13.7 Å². The molecule has 6 bridgehead atoms. The zero-order valence-corrected chi connectivity index (χ0v) is 28.6. The van der Waals surface area contributed by atoms with Gasteiger partial charge >= 0.3 is 17.9 Å². The average molecular weight is 676 g/mol. The third kappa shape index (κ3) is 10.0. The van der Waals surface area contributed by atoms with Crippen LogP contribution in [0.3, 0.4) is 0 Å². The molecule has 0 saturated carbocycles. The van der Waals surface area contributed by atoms with E-state index in [1.807, 2.05) is 0 Å². The highest BCUT2D eigenvalue weighted by atomic mass is 16.7. The molecule has 13 heteroatoms. The number of carbonyl (C=O) groups is 3. The molecular formula is C35H52BO12. The van der Waals surface area contributed by atoms with Crippen LogP contribution < -0.4 is 0 Å². The Hall–Kier alpha value is -2.55. The molecule has 4 aliphatic rings. The average Bonchev–Trinajstić information content (AvgIpc) is 3.01. The van der Waals surface area contributed by atoms with Gasteiger partial charge < -0.3 is 43.7 Å². The second-order valence-corrected chi connectivity index (χ2v) is 14.1. The Morgan fingerprint density at radius 2 is 1.79 bits per heavy atom. The van der Waals surface area contributed by atoms with E-state index < -0.39 is 65.8 Å². The summed E-state index contributed by atoms with van der Waals surface area (Å²) in [6.45, 7) is 8.13. The fourth-order valence-corrected chi connectivity index (χ4v) is 7.36. The molecule has 0 amide bonds. The first kappa shape index (κ1) is 38.3. The monoisotopic (exact) mass is 675 g/mol. The largest absolute Gasteiger partial charge is 0.466 e. The molecule has 267 valence electrons. The Morgan fingerprint density at radius 1 is 1.06 bits per heavy atom. The molecular weight excluding hydrogens is 623 g/mol. The predicted octanol–water partition coefficient (Wildman–Crippen LogP) is 3.04. The van der Waals surface area contributed by atoms with Crippen molar-refractivity contribution in [2.24, 2.45) is 5.41 Å². The zero-order chi connectivity index (χ0) is 35.1. The van der Waals surface area contributed by atoms with Crippen LogP contribution in [0.1, 0.15) is 85.0 Å². The molecule has 1 radical (unpaired) electrons. The van der Waals surface area contributed by atoms with E-state index in [2.05, 4.69) is 6.58 Å². The van der Waals surface area contributed by atoms with Gasteiger partial charge in [0.05, 0.1) is 56.2 Å². The number of esters is 3. The van der Waals surface area contributed by atoms with Gasteiger partial charge in [-0.1, -0.05) is 31.8 Å². The zero-order valence-electron chi connectivity index (χ0n) is 28.6. The summed E-state index contributed by atoms with van der Waals surface area (Å²) in [5.41, 5.74) is -2.74. The molecule has 3 N–H and O–H groups in total. The summed E-state index contributed by atoms with van der Waals surface area (Å²) < 4.78 is 35.2. The van der Waals surface area contributed by atoms with Crippen LogP contribution in [0.5, 0.6) is 0 Å². The highest BCUT2D eigenvalue weighted by Gasteiger charge is 2.56. The Labute approximate surface area is 284 Å². The van der Waals surface area contributed by atoms with Crippen molar-refractivity contribution in [2.45, 2.75) is 145 Å². The van der Waals surface area contributed by atoms with E-state index in [1.165, 1.54) is 20.1 Å². The quantitative estimate of drug-likeness (QED) is 0.128. The summed E-state index contributed by atoms with van der Waals surface area (Å²) >= 11 is 0. The highest BCUT2D eigenvalue weighted by molar-refractivity contribution is 6.43. The van der Waals surface area contributed by atoms with Gasteiger partial charge in [0.1, 0.15) is 12.2 Å². The lowest BCUT2D eigenvalue weighted by Crippen LogP contribution is -2.63. The minimum atomic E-state index is -1.89. The summed E-state index contributed by atoms with van der Waals surface area (Å²) in [6, 6.07) is 0. The van der Waals surface area contributed by atoms with Gasteiger partial charge in [0.2, 0.25) is 0 Å². The number of carbonyl (C=O) groups excluding carboxylic acids is 3. The van der Waals surface area contributed by atoms with Crippen LogP contribution >= 0.6 is 0 Å². The summed E-state index contributed by atoms with van der Waals surface area (Å²) in [5.74, 6) is -2.57. The summed E-state index contributed by atoms with van der Waals surface area (Å²) in [5, 5.41) is 33.6. The summed E-state index contributed by atoms with van der Waals surface area (Å²) in [4.78, 5) is 37.8. The SMILES string of the molecule is C=CC[C@H]1CC2C[C@H]3CCC[C@@H](C[C@@H](O)CC(=O)OC(CO)CC4[B]C(O)([C@@H](OC(C)=O)/C(=C/C(=O)OC)C4)C(C)(C)/C=C/C(O2)O1)O3. The fraction of sp³-hybridized carbons (Fsp3) is 0.743. The van der Waals surface area contributed by atoms with Gasteiger partial charge in [-0.15, -0.1) is 6.58 Å². The van der Waals surface area contributed by atoms with Gasteiger partial charge in [0, 0.05) is 37.7 Å². The smallest absolute Gasteiger partial charge is 0.330 e. The Balaban J connectivity index is 1.74. The minimum absolute atomic E-state index is 0.0823. The van der Waals surface area contributed by atoms with E-state index in [4.69, 9.17) is 28.4 Å². The molecule has 3 saturated heterocycles. The third-order valence-corrected chi connectivity index (χ3v) is 9.79. The third-order valence-electron chi connectivity index (χ3n) is 9.79. The lowest BCUT2D eigenvalue weighted by molar-refractivity contribution is -0.227. The maximum atomic E-state index is 12.9. The molecule has 0 aromatic carbocycles. The molecule has 0 spiro atoms. The number of cyclic esters (lactones) is 1. The Bertz CT molecular complexity index is 1200. The van der Waals surface area contributed by atoms with Gasteiger partial charge in [-0.25, -0.2) is 4.79 Å². The fourth-order valence-electron chi connectivity index (χ4n) is 7.36. The molecule has 4 rings (SSSR count). The minimum Gasteiger partial charge on any atom is -0.466 e. The van der Waals surface area contributed by atoms with Crippen LogP contribution in [0.25, 0.3) is 0 Å². The number of hydrogen-bond acceptors (Lipinski definition) is 12. The summed E-state index contributed by atoms with van der Waals surface area (Å²) in [6.07, 6.45) is 6.49. The number of hydrogen-bond donors (Lipinski definition) is 3. The number of aliphatic hydroxyl groups is 3. The van der Waals surface area contributed by atoms with Gasteiger partial charge in [0.15, 0.2) is 13.6 Å². The van der Waals surface area contributed by atoms with Crippen LogP contribution in [0.15, 0.2) is 36.5 Å². The van der Waals surface area contributed by atoms with Crippen molar-refractivity contribution in [3.05, 3.63) is 36.5 Å². The van der Waals surface area contributed by atoms with E-state index >= 15 is 0 Å². The topological polar surface area (TPSA) is 167 Å². The van der Waals surface area contributed by atoms with E-state index in [0.717, 1.165) is 19.3 Å². The Kier molecular flexibility index (Phi) is 13.5. The van der Waals surface area contributed by atoms with Crippen molar-refractivity contribution in [1.82, 2.24) is 0 Å². The molecule has 5 unspecified atom stereocenters. The van der Waals surface area contributed by atoms with Crippen molar-refractivity contribution in [3.8, 4) is 0 Å². The van der Waals surface area contributed by atoms with Crippen molar-refractivity contribution in [3.63, 3.8) is 0 Å². The maximum absolute atomic E-state index is 12.9. The molecule has 4 heterocycles. The molecule has 0 aliphatic carbocycles. The molecule has 48 heavy (non-hydrogen) atoms. The number of fused-ring (bicyclic) bond motifs is 6. The van der Waals surface area contributed by atoms with E-state index in [1.54, 1.807) is 39.4 Å². The van der Waals surface area contributed by atoms with Crippen LogP contribution in [0.4, 0.5) is 0 Å². The van der Waals surface area contributed by atoms with Gasteiger partial charge in [-0.3, -0.25) is 9.59 Å². The van der Waals surface area contributed by atoms with Crippen LogP contribution in [0, 0.1) is 5.41 Å². The maximum Gasteiger partial charge on any atom is 0.330 e. The molecule has 3 fully saturated rings. The normalized spacial score (nSPS) is 39.2. The first-order valence-corrected chi connectivity index (χ1v) is 17.0. The van der Waals surface area contributed by atoms with Gasteiger partial charge in [0.25, 0.3) is 0 Å². The van der Waals surface area contributed by atoms with Crippen LogP contribution in [0.2, 0.25) is 5.82 Å². The standard InChI is InChI=1S/C35H52BO12/c1-6-8-25-18-28-19-27-10-7-9-26(45-27)16-24(39)17-31(41)46-29(20-37)15-23-13-22(14-30(40)43-5)33(44-21(2)38)35(42,36-23)34(3,4)12-11-32(47-25)48-28/h6,11-12,14,23-29,32-33,37,39,42H,1,7-10,13,15-20H2,2-5H3/b12-11+,22-14+/t23?,24-,25+,26+,27-,28?,29?,32?,33+,35?/m1/s1. The van der Waals surface area contributed by atoms with Crippen molar-refractivity contribution < 1.29 is 58.1 Å². The predicted molar refractivity (Wildman–Crippen MR) is 175 cm³/mol. The lowest BCUT2D eigenvalue weighted by atomic mass is 9.37. The molecule has 0 aromatic heterocycles. The lowest BCUT2D eigenvalue weighted by Gasteiger charge is -2.51. The van der Waals surface area contributed by atoms with Crippen LogP contribution in [-0.4, -0.2) is 109 Å². The number of ether oxygens (including phenoxy) is 6. The summed E-state index contributed by atoms with van der Waals surface area (Å²) in [7, 11) is 2.85. The highest BCUT2D eigenvalue weighted by Crippen LogP contribution is 2.48. The number of aliphatic hydroxyl groups excluding tert-OH is 2. The van der Waals surface area contributed by atoms with E-state index in [0.29, 0.717) is 24.8 Å². The van der Waals surface area contributed by atoms with Gasteiger partial charge in [-0.2, -0.15) is 0 Å². The molecule has 4 aliphatic heterocycles. The second kappa shape index (κ2) is 16.9. The first-order valence-electron chi connectivity index (χ1n) is 17.0.